The van der Waals surface area contributed by atoms with Crippen LogP contribution < -0.4 is 0 Å². The van der Waals surface area contributed by atoms with Gasteiger partial charge in [-0.1, -0.05) is 20.8 Å². The lowest BCUT2D eigenvalue weighted by atomic mass is 9.88. The molecule has 5 heteroatoms. The molecule has 0 aromatic carbocycles. The minimum absolute atomic E-state index is 0.0268. The Labute approximate surface area is 114 Å². The molecule has 0 unspecified atom stereocenters. The lowest BCUT2D eigenvalue weighted by Gasteiger charge is -2.40. The van der Waals surface area contributed by atoms with Gasteiger partial charge in [0, 0.05) is 19.6 Å². The quantitative estimate of drug-likeness (QED) is 0.699. The summed E-state index contributed by atoms with van der Waals surface area (Å²) in [6.07, 6.45) is 2.57. The first-order chi connectivity index (χ1) is 8.93. The van der Waals surface area contributed by atoms with Gasteiger partial charge >= 0.3 is 0 Å². The van der Waals surface area contributed by atoms with Crippen LogP contribution in [0.5, 0.6) is 0 Å². The number of nitrogens with zero attached hydrogens (tertiary/aromatic N) is 2. The molecule has 0 aliphatic carbocycles. The zero-order chi connectivity index (χ0) is 14.0. The number of amides is 2. The van der Waals surface area contributed by atoms with E-state index in [1.807, 2.05) is 4.90 Å². The summed E-state index contributed by atoms with van der Waals surface area (Å²) < 4.78 is 5.76. The second kappa shape index (κ2) is 5.49. The first-order valence-corrected chi connectivity index (χ1v) is 7.05. The Kier molecular flexibility index (Phi) is 4.13. The van der Waals surface area contributed by atoms with Crippen LogP contribution >= 0.6 is 0 Å². The van der Waals surface area contributed by atoms with Crippen molar-refractivity contribution in [3.8, 4) is 0 Å². The molecule has 0 bridgehead atoms. The van der Waals surface area contributed by atoms with Gasteiger partial charge in [-0.05, 0) is 18.3 Å². The minimum atomic E-state index is -0.254. The average molecular weight is 268 g/mol. The molecule has 108 valence electrons. The lowest BCUT2D eigenvalue weighted by Crippen LogP contribution is -2.54. The van der Waals surface area contributed by atoms with Crippen LogP contribution in [0, 0.1) is 5.41 Å². The van der Waals surface area contributed by atoms with Gasteiger partial charge < -0.3 is 14.5 Å². The molecule has 2 heterocycles. The fourth-order valence-electron chi connectivity index (χ4n) is 2.76. The third kappa shape index (κ3) is 3.08. The standard InChI is InChI=1S/C14H24N2O3/c1-14(2,3)12-9-15(7-8-19-12)13(18)11-5-4-6-16(11)10-17/h10-12H,4-9H2,1-3H3/t11-,12-/m0/s1. The summed E-state index contributed by atoms with van der Waals surface area (Å²) in [4.78, 5) is 27.0. The van der Waals surface area contributed by atoms with Gasteiger partial charge in [-0.15, -0.1) is 0 Å². The number of morpholine rings is 1. The lowest BCUT2D eigenvalue weighted by molar-refractivity contribution is -0.149. The van der Waals surface area contributed by atoms with Gasteiger partial charge in [0.15, 0.2) is 0 Å². The fourth-order valence-corrected chi connectivity index (χ4v) is 2.76. The van der Waals surface area contributed by atoms with Crippen molar-refractivity contribution in [2.45, 2.75) is 45.8 Å². The van der Waals surface area contributed by atoms with Crippen LogP contribution in [0.25, 0.3) is 0 Å². The maximum absolute atomic E-state index is 12.5. The second-order valence-electron chi connectivity index (χ2n) is 6.51. The SMILES string of the molecule is CC(C)(C)[C@@H]1CN(C(=O)[C@@H]2CCCN2C=O)CCO1. The fraction of sp³-hybridized carbons (Fsp3) is 0.857. The van der Waals surface area contributed by atoms with E-state index in [2.05, 4.69) is 20.8 Å². The number of rotatable bonds is 2. The van der Waals surface area contributed by atoms with E-state index in [9.17, 15) is 9.59 Å². The van der Waals surface area contributed by atoms with Crippen molar-refractivity contribution < 1.29 is 14.3 Å². The predicted octanol–water partition coefficient (Wildman–Crippen LogP) is 0.881. The van der Waals surface area contributed by atoms with Crippen molar-refractivity contribution in [3.63, 3.8) is 0 Å². The molecule has 0 aromatic rings. The van der Waals surface area contributed by atoms with Gasteiger partial charge in [-0.2, -0.15) is 0 Å². The molecule has 2 aliphatic heterocycles. The third-order valence-corrected chi connectivity index (χ3v) is 4.06. The van der Waals surface area contributed by atoms with Gasteiger partial charge in [0.05, 0.1) is 12.7 Å². The van der Waals surface area contributed by atoms with Crippen LogP contribution in [0.3, 0.4) is 0 Å². The molecule has 0 radical (unpaired) electrons. The summed E-state index contributed by atoms with van der Waals surface area (Å²) in [5, 5.41) is 0. The molecule has 19 heavy (non-hydrogen) atoms. The first kappa shape index (κ1) is 14.3. The van der Waals surface area contributed by atoms with Crippen LogP contribution in [0.2, 0.25) is 0 Å². The number of hydrogen-bond donors (Lipinski definition) is 0. The number of carbonyl (C=O) groups excluding carboxylic acids is 2. The van der Waals surface area contributed by atoms with E-state index in [4.69, 9.17) is 4.74 Å². The van der Waals surface area contributed by atoms with Gasteiger partial charge in [0.2, 0.25) is 12.3 Å². The second-order valence-corrected chi connectivity index (χ2v) is 6.51. The molecule has 0 saturated carbocycles. The number of hydrogen-bond acceptors (Lipinski definition) is 3. The molecule has 2 amide bonds. The molecule has 0 spiro atoms. The van der Waals surface area contributed by atoms with Crippen molar-refractivity contribution >= 4 is 12.3 Å². The smallest absolute Gasteiger partial charge is 0.245 e. The van der Waals surface area contributed by atoms with Gasteiger partial charge in [-0.3, -0.25) is 9.59 Å². The van der Waals surface area contributed by atoms with Crippen LogP contribution in [-0.2, 0) is 14.3 Å². The van der Waals surface area contributed by atoms with Crippen LogP contribution in [-0.4, -0.2) is 60.5 Å². The number of likely N-dealkylation sites (tertiary alicyclic amines) is 1. The van der Waals surface area contributed by atoms with Crippen molar-refractivity contribution in [3.05, 3.63) is 0 Å². The van der Waals surface area contributed by atoms with E-state index >= 15 is 0 Å². The van der Waals surface area contributed by atoms with Crippen LogP contribution in [0.4, 0.5) is 0 Å². The summed E-state index contributed by atoms with van der Waals surface area (Å²) in [7, 11) is 0. The molecular weight excluding hydrogens is 244 g/mol. The maximum Gasteiger partial charge on any atom is 0.245 e. The van der Waals surface area contributed by atoms with Crippen molar-refractivity contribution in [1.29, 1.82) is 0 Å². The summed E-state index contributed by atoms with van der Waals surface area (Å²) >= 11 is 0. The highest BCUT2D eigenvalue weighted by Crippen LogP contribution is 2.26. The van der Waals surface area contributed by atoms with E-state index in [0.29, 0.717) is 26.2 Å². The molecule has 2 aliphatic rings. The van der Waals surface area contributed by atoms with Crippen molar-refractivity contribution in [2.75, 3.05) is 26.2 Å². The normalized spacial score (nSPS) is 28.6. The van der Waals surface area contributed by atoms with E-state index in [-0.39, 0.29) is 23.5 Å². The summed E-state index contributed by atoms with van der Waals surface area (Å²) in [5.74, 6) is 0.0853. The highest BCUT2D eigenvalue weighted by Gasteiger charge is 2.37. The average Bonchev–Trinajstić information content (AvgIpc) is 2.85. The van der Waals surface area contributed by atoms with E-state index < -0.39 is 0 Å². The van der Waals surface area contributed by atoms with Crippen LogP contribution in [0.1, 0.15) is 33.6 Å². The van der Waals surface area contributed by atoms with Crippen molar-refractivity contribution in [2.24, 2.45) is 5.41 Å². The first-order valence-electron chi connectivity index (χ1n) is 7.05. The molecule has 2 rings (SSSR count). The Bertz CT molecular complexity index is 351. The summed E-state index contributed by atoms with van der Waals surface area (Å²) in [6.45, 7) is 8.92. The van der Waals surface area contributed by atoms with Gasteiger partial charge in [0.25, 0.3) is 0 Å². The Balaban J connectivity index is 2.01. The largest absolute Gasteiger partial charge is 0.374 e. The zero-order valence-corrected chi connectivity index (χ0v) is 12.1. The Hall–Kier alpha value is -1.10. The number of carbonyl (C=O) groups is 2. The van der Waals surface area contributed by atoms with E-state index in [0.717, 1.165) is 19.3 Å². The number of ether oxygens (including phenoxy) is 1. The Morgan fingerprint density at radius 1 is 1.32 bits per heavy atom. The Morgan fingerprint density at radius 2 is 2.05 bits per heavy atom. The molecule has 2 fully saturated rings. The zero-order valence-electron chi connectivity index (χ0n) is 12.1. The van der Waals surface area contributed by atoms with Gasteiger partial charge in [-0.25, -0.2) is 0 Å². The summed E-state index contributed by atoms with van der Waals surface area (Å²) in [5.41, 5.74) is 0.0268. The van der Waals surface area contributed by atoms with Crippen LogP contribution in [0.15, 0.2) is 0 Å². The molecular formula is C14H24N2O3. The van der Waals surface area contributed by atoms with E-state index in [1.54, 1.807) is 4.90 Å². The maximum atomic E-state index is 12.5. The van der Waals surface area contributed by atoms with Crippen molar-refractivity contribution in [1.82, 2.24) is 9.80 Å². The minimum Gasteiger partial charge on any atom is -0.374 e. The van der Waals surface area contributed by atoms with Gasteiger partial charge in [0.1, 0.15) is 6.04 Å². The Morgan fingerprint density at radius 3 is 2.68 bits per heavy atom. The molecule has 0 aromatic heterocycles. The predicted molar refractivity (Wildman–Crippen MR) is 71.6 cm³/mol. The summed E-state index contributed by atoms with van der Waals surface area (Å²) in [6, 6.07) is -0.254. The molecule has 2 saturated heterocycles. The molecule has 2 atom stereocenters. The third-order valence-electron chi connectivity index (χ3n) is 4.06. The molecule has 0 N–H and O–H groups in total. The molecule has 5 nitrogen and oxygen atoms in total. The monoisotopic (exact) mass is 268 g/mol. The highest BCUT2D eigenvalue weighted by molar-refractivity contribution is 5.84. The van der Waals surface area contributed by atoms with E-state index in [1.165, 1.54) is 0 Å². The topological polar surface area (TPSA) is 49.9 Å². The highest BCUT2D eigenvalue weighted by atomic mass is 16.5.